The molecule has 3 rings (SSSR count). The lowest BCUT2D eigenvalue weighted by Gasteiger charge is -2.30. The van der Waals surface area contributed by atoms with Crippen LogP contribution in [0.25, 0.3) is 11.0 Å². The largest absolute Gasteiger partial charge is 0.345 e. The molecule has 0 atom stereocenters. The molecule has 1 aromatic heterocycles. The number of carbonyl (C=O) groups excluding carboxylic acids is 1. The number of piperidine rings is 1. The van der Waals surface area contributed by atoms with E-state index in [1.54, 1.807) is 0 Å². The third-order valence-corrected chi connectivity index (χ3v) is 3.52. The minimum absolute atomic E-state index is 0.471. The van der Waals surface area contributed by atoms with E-state index in [2.05, 4.69) is 15.6 Å². The minimum atomic E-state index is 0.471. The van der Waals surface area contributed by atoms with Gasteiger partial charge >= 0.3 is 0 Å². The van der Waals surface area contributed by atoms with Gasteiger partial charge in [-0.2, -0.15) is 0 Å². The van der Waals surface area contributed by atoms with Crippen molar-refractivity contribution >= 4 is 17.4 Å². The number of rotatable bonds is 2. The second-order valence-electron chi connectivity index (χ2n) is 4.51. The summed E-state index contributed by atoms with van der Waals surface area (Å²) >= 11 is 0. The maximum atomic E-state index is 10.7. The molecule has 2 aromatic rings. The number of benzene rings is 1. The molecule has 4 heteroatoms. The van der Waals surface area contributed by atoms with Crippen LogP contribution in [0.2, 0.25) is 0 Å². The Bertz CT molecular complexity index is 526. The zero-order valence-corrected chi connectivity index (χ0v) is 9.62. The third kappa shape index (κ3) is 1.79. The Kier molecular flexibility index (Phi) is 2.55. The highest BCUT2D eigenvalue weighted by Crippen LogP contribution is 2.25. The molecule has 1 aliphatic rings. The lowest BCUT2D eigenvalue weighted by molar-refractivity contribution is -0.119. The number of fused-ring (bicyclic) bond motifs is 1. The molecule has 0 N–H and O–H groups in total. The fourth-order valence-corrected chi connectivity index (χ4v) is 2.54. The molecule has 4 nitrogen and oxygen atoms in total. The van der Waals surface area contributed by atoms with E-state index in [9.17, 15) is 4.79 Å². The van der Waals surface area contributed by atoms with E-state index in [-0.39, 0.29) is 0 Å². The number of imidazole rings is 1. The Labute approximate surface area is 99.9 Å². The normalized spacial score (nSPS) is 17.5. The summed E-state index contributed by atoms with van der Waals surface area (Å²) in [6.45, 7) is 1.70. The monoisotopic (exact) mass is 229 g/mol. The second-order valence-corrected chi connectivity index (χ2v) is 4.51. The van der Waals surface area contributed by atoms with Crippen LogP contribution in [0.1, 0.15) is 18.9 Å². The van der Waals surface area contributed by atoms with Gasteiger partial charge in [0.25, 0.3) is 0 Å². The molecule has 0 aliphatic carbocycles. The Morgan fingerprint density at radius 1 is 1.24 bits per heavy atom. The highest BCUT2D eigenvalue weighted by Gasteiger charge is 2.20. The second kappa shape index (κ2) is 4.20. The topological polar surface area (TPSA) is 38.1 Å². The first-order valence-corrected chi connectivity index (χ1v) is 5.99. The van der Waals surface area contributed by atoms with Crippen molar-refractivity contribution in [2.45, 2.75) is 18.9 Å². The van der Waals surface area contributed by atoms with Crippen molar-refractivity contribution in [3.05, 3.63) is 30.6 Å². The number of nitrogens with zero attached hydrogens (tertiary/aromatic N) is 3. The van der Waals surface area contributed by atoms with Gasteiger partial charge in [-0.15, -0.1) is 0 Å². The van der Waals surface area contributed by atoms with Gasteiger partial charge in [0.15, 0.2) is 0 Å². The number of hydrogen-bond donors (Lipinski definition) is 0. The van der Waals surface area contributed by atoms with Gasteiger partial charge < -0.3 is 9.47 Å². The van der Waals surface area contributed by atoms with Crippen LogP contribution < -0.4 is 0 Å². The maximum Gasteiger partial charge on any atom is 0.209 e. The predicted octanol–water partition coefficient (Wildman–Crippen LogP) is 1.83. The zero-order chi connectivity index (χ0) is 11.7. The summed E-state index contributed by atoms with van der Waals surface area (Å²) in [5, 5.41) is 0. The van der Waals surface area contributed by atoms with Gasteiger partial charge in [0.05, 0.1) is 17.4 Å². The molecule has 17 heavy (non-hydrogen) atoms. The maximum absolute atomic E-state index is 10.7. The molecule has 0 unspecified atom stereocenters. The highest BCUT2D eigenvalue weighted by molar-refractivity contribution is 5.75. The van der Waals surface area contributed by atoms with E-state index in [0.29, 0.717) is 6.04 Å². The summed E-state index contributed by atoms with van der Waals surface area (Å²) in [6, 6.07) is 8.66. The lowest BCUT2D eigenvalue weighted by atomic mass is 10.1. The van der Waals surface area contributed by atoms with Crippen molar-refractivity contribution in [3.63, 3.8) is 0 Å². The Morgan fingerprint density at radius 3 is 2.76 bits per heavy atom. The summed E-state index contributed by atoms with van der Waals surface area (Å²) < 4.78 is 2.25. The van der Waals surface area contributed by atoms with Gasteiger partial charge in [-0.05, 0) is 25.0 Å². The van der Waals surface area contributed by atoms with Crippen LogP contribution in [0.15, 0.2) is 30.6 Å². The SMILES string of the molecule is O=CN1CCC(n2cnc3ccccc32)CC1. The van der Waals surface area contributed by atoms with Crippen molar-refractivity contribution in [2.75, 3.05) is 13.1 Å². The van der Waals surface area contributed by atoms with Gasteiger partial charge in [0.2, 0.25) is 6.41 Å². The van der Waals surface area contributed by atoms with Crippen LogP contribution >= 0.6 is 0 Å². The standard InChI is InChI=1S/C13H15N3O/c17-10-15-7-5-11(6-8-15)16-9-14-12-3-1-2-4-13(12)16/h1-4,9-11H,5-8H2. The van der Waals surface area contributed by atoms with E-state index in [1.165, 1.54) is 5.52 Å². The molecule has 1 aromatic carbocycles. The van der Waals surface area contributed by atoms with Crippen molar-refractivity contribution in [2.24, 2.45) is 0 Å². The van der Waals surface area contributed by atoms with Crippen LogP contribution in [0, 0.1) is 0 Å². The van der Waals surface area contributed by atoms with Crippen molar-refractivity contribution in [3.8, 4) is 0 Å². The minimum Gasteiger partial charge on any atom is -0.345 e. The number of amides is 1. The Hall–Kier alpha value is -1.84. The van der Waals surface area contributed by atoms with E-state index in [0.717, 1.165) is 37.9 Å². The van der Waals surface area contributed by atoms with Crippen molar-refractivity contribution in [1.29, 1.82) is 0 Å². The van der Waals surface area contributed by atoms with Crippen LogP contribution in [-0.4, -0.2) is 34.0 Å². The zero-order valence-electron chi connectivity index (χ0n) is 9.62. The molecule has 1 amide bonds. The molecule has 1 saturated heterocycles. The molecule has 0 spiro atoms. The van der Waals surface area contributed by atoms with Gasteiger partial charge in [-0.3, -0.25) is 4.79 Å². The summed E-state index contributed by atoms with van der Waals surface area (Å²) in [5.74, 6) is 0. The molecule has 0 radical (unpaired) electrons. The van der Waals surface area contributed by atoms with E-state index >= 15 is 0 Å². The van der Waals surface area contributed by atoms with Crippen LogP contribution in [-0.2, 0) is 4.79 Å². The average Bonchev–Trinajstić information content (AvgIpc) is 2.83. The highest BCUT2D eigenvalue weighted by atomic mass is 16.1. The molecule has 2 heterocycles. The molecule has 0 bridgehead atoms. The van der Waals surface area contributed by atoms with E-state index < -0.39 is 0 Å². The number of likely N-dealkylation sites (tertiary alicyclic amines) is 1. The molecule has 1 aliphatic heterocycles. The Morgan fingerprint density at radius 2 is 2.00 bits per heavy atom. The smallest absolute Gasteiger partial charge is 0.209 e. The molecule has 88 valence electrons. The number of hydrogen-bond acceptors (Lipinski definition) is 2. The third-order valence-electron chi connectivity index (χ3n) is 3.52. The van der Waals surface area contributed by atoms with E-state index in [1.807, 2.05) is 29.4 Å². The lowest BCUT2D eigenvalue weighted by Crippen LogP contribution is -2.33. The van der Waals surface area contributed by atoms with Crippen LogP contribution in [0.4, 0.5) is 0 Å². The van der Waals surface area contributed by atoms with Gasteiger partial charge in [-0.1, -0.05) is 12.1 Å². The van der Waals surface area contributed by atoms with Gasteiger partial charge in [0, 0.05) is 19.1 Å². The average molecular weight is 229 g/mol. The number of carbonyl (C=O) groups is 1. The predicted molar refractivity (Wildman–Crippen MR) is 65.6 cm³/mol. The van der Waals surface area contributed by atoms with Crippen LogP contribution in [0.5, 0.6) is 0 Å². The van der Waals surface area contributed by atoms with E-state index in [4.69, 9.17) is 0 Å². The first-order valence-electron chi connectivity index (χ1n) is 5.99. The summed E-state index contributed by atoms with van der Waals surface area (Å²) in [6.07, 6.45) is 4.90. The molecular formula is C13H15N3O. The first kappa shape index (κ1) is 10.3. The molecule has 0 saturated carbocycles. The first-order chi connectivity index (χ1) is 8.38. The molecular weight excluding hydrogens is 214 g/mol. The Balaban J connectivity index is 1.87. The summed E-state index contributed by atoms with van der Waals surface area (Å²) in [7, 11) is 0. The number of aromatic nitrogens is 2. The van der Waals surface area contributed by atoms with Gasteiger partial charge in [-0.25, -0.2) is 4.98 Å². The van der Waals surface area contributed by atoms with Crippen molar-refractivity contribution in [1.82, 2.24) is 14.5 Å². The molecule has 1 fully saturated rings. The fourth-order valence-electron chi connectivity index (χ4n) is 2.54. The van der Waals surface area contributed by atoms with Crippen molar-refractivity contribution < 1.29 is 4.79 Å². The number of para-hydroxylation sites is 2. The summed E-state index contributed by atoms with van der Waals surface area (Å²) in [5.41, 5.74) is 2.24. The quantitative estimate of drug-likeness (QED) is 0.737. The summed E-state index contributed by atoms with van der Waals surface area (Å²) in [4.78, 5) is 16.9. The fraction of sp³-hybridized carbons (Fsp3) is 0.385. The van der Waals surface area contributed by atoms with Gasteiger partial charge in [0.1, 0.15) is 0 Å². The van der Waals surface area contributed by atoms with Crippen LogP contribution in [0.3, 0.4) is 0 Å².